The molecule has 0 bridgehead atoms. The van der Waals surface area contributed by atoms with Crippen LogP contribution in [0.15, 0.2) is 78.9 Å². The fourth-order valence-corrected chi connectivity index (χ4v) is 5.63. The van der Waals surface area contributed by atoms with E-state index >= 15 is 0 Å². The average molecular weight is 428 g/mol. The summed E-state index contributed by atoms with van der Waals surface area (Å²) in [6.07, 6.45) is 2.34. The van der Waals surface area contributed by atoms with Crippen molar-refractivity contribution >= 4 is 5.78 Å². The molecular weight excluding hydrogens is 398 g/mol. The summed E-state index contributed by atoms with van der Waals surface area (Å²) in [5.41, 5.74) is 3.24. The minimum Gasteiger partial charge on any atom is -0.508 e. The van der Waals surface area contributed by atoms with E-state index in [1.54, 1.807) is 12.1 Å². The standard InChI is InChI=1S/C28H29NO3/c30-26-11-9-21(10-12-26)22-7-4-8-23(13-22)27(31)19-29-17-24-15-28(32,16-25(24)18-29)14-20-5-2-1-3-6-20/h1-13,24-25,30,32H,14-19H2. The highest BCUT2D eigenvalue weighted by atomic mass is 16.3. The molecule has 1 aliphatic carbocycles. The Hall–Kier alpha value is -2.95. The molecule has 4 heteroatoms. The Bertz CT molecular complexity index is 1080. The normalized spacial score (nSPS) is 25.0. The van der Waals surface area contributed by atoms with Crippen LogP contribution < -0.4 is 0 Å². The molecule has 1 aliphatic heterocycles. The second kappa shape index (κ2) is 8.53. The van der Waals surface area contributed by atoms with Gasteiger partial charge < -0.3 is 10.2 Å². The zero-order valence-electron chi connectivity index (χ0n) is 18.2. The van der Waals surface area contributed by atoms with Gasteiger partial charge in [0.1, 0.15) is 5.75 Å². The van der Waals surface area contributed by atoms with Crippen LogP contribution in [0.4, 0.5) is 0 Å². The highest BCUT2D eigenvalue weighted by Crippen LogP contribution is 2.45. The number of hydrogen-bond acceptors (Lipinski definition) is 4. The Balaban J connectivity index is 1.20. The second-order valence-electron chi connectivity index (χ2n) is 9.56. The van der Waals surface area contributed by atoms with Gasteiger partial charge in [-0.25, -0.2) is 0 Å². The molecule has 3 aromatic carbocycles. The van der Waals surface area contributed by atoms with E-state index in [2.05, 4.69) is 17.0 Å². The molecule has 1 saturated heterocycles. The lowest BCUT2D eigenvalue weighted by Gasteiger charge is -2.26. The lowest BCUT2D eigenvalue weighted by atomic mass is 9.91. The zero-order chi connectivity index (χ0) is 22.1. The number of hydrogen-bond donors (Lipinski definition) is 2. The van der Waals surface area contributed by atoms with Crippen LogP contribution in [0, 0.1) is 11.8 Å². The van der Waals surface area contributed by atoms with Crippen molar-refractivity contribution in [3.05, 3.63) is 90.0 Å². The highest BCUT2D eigenvalue weighted by Gasteiger charge is 2.48. The van der Waals surface area contributed by atoms with E-state index in [1.807, 2.05) is 54.6 Å². The molecule has 1 heterocycles. The Morgan fingerprint density at radius 1 is 0.875 bits per heavy atom. The van der Waals surface area contributed by atoms with Crippen LogP contribution in [0.2, 0.25) is 0 Å². The summed E-state index contributed by atoms with van der Waals surface area (Å²) in [5, 5.41) is 20.7. The highest BCUT2D eigenvalue weighted by molar-refractivity contribution is 5.98. The number of nitrogens with zero attached hydrogens (tertiary/aromatic N) is 1. The van der Waals surface area contributed by atoms with Crippen LogP contribution in [0.1, 0.15) is 28.8 Å². The van der Waals surface area contributed by atoms with E-state index in [0.29, 0.717) is 30.4 Å². The Morgan fingerprint density at radius 2 is 1.56 bits per heavy atom. The van der Waals surface area contributed by atoms with Crippen molar-refractivity contribution in [2.75, 3.05) is 19.6 Å². The summed E-state index contributed by atoms with van der Waals surface area (Å²) >= 11 is 0. The van der Waals surface area contributed by atoms with E-state index in [4.69, 9.17) is 0 Å². The molecule has 3 aromatic rings. The Kier molecular flexibility index (Phi) is 5.58. The predicted molar refractivity (Wildman–Crippen MR) is 126 cm³/mol. The summed E-state index contributed by atoms with van der Waals surface area (Å²) < 4.78 is 0. The largest absolute Gasteiger partial charge is 0.508 e. The topological polar surface area (TPSA) is 60.8 Å². The number of Topliss-reactive ketones (excluding diaryl/α,β-unsaturated/α-hetero) is 1. The number of fused-ring (bicyclic) bond motifs is 1. The van der Waals surface area contributed by atoms with Gasteiger partial charge in [0.25, 0.3) is 0 Å². The molecule has 1 saturated carbocycles. The maximum Gasteiger partial charge on any atom is 0.176 e. The average Bonchev–Trinajstić information content (AvgIpc) is 3.28. The minimum atomic E-state index is -0.620. The first-order chi connectivity index (χ1) is 15.5. The Labute approximate surface area is 189 Å². The van der Waals surface area contributed by atoms with Crippen LogP contribution in [0.3, 0.4) is 0 Å². The SMILES string of the molecule is O=C(CN1CC2CC(O)(Cc3ccccc3)CC2C1)c1cccc(-c2ccc(O)cc2)c1. The summed E-state index contributed by atoms with van der Waals surface area (Å²) in [6, 6.07) is 25.0. The molecule has 2 aliphatic rings. The number of ketones is 1. The first kappa shape index (κ1) is 20.9. The van der Waals surface area contributed by atoms with E-state index in [1.165, 1.54) is 5.56 Å². The second-order valence-corrected chi connectivity index (χ2v) is 9.56. The van der Waals surface area contributed by atoms with Gasteiger partial charge >= 0.3 is 0 Å². The monoisotopic (exact) mass is 427 g/mol. The van der Waals surface area contributed by atoms with Gasteiger partial charge in [-0.2, -0.15) is 0 Å². The van der Waals surface area contributed by atoms with Gasteiger partial charge in [-0.15, -0.1) is 0 Å². The summed E-state index contributed by atoms with van der Waals surface area (Å²) in [6.45, 7) is 2.18. The molecule has 32 heavy (non-hydrogen) atoms. The number of likely N-dealkylation sites (tertiary alicyclic amines) is 1. The summed E-state index contributed by atoms with van der Waals surface area (Å²) in [4.78, 5) is 15.3. The fourth-order valence-electron chi connectivity index (χ4n) is 5.63. The molecule has 2 N–H and O–H groups in total. The maximum atomic E-state index is 13.0. The molecule has 5 rings (SSSR count). The molecule has 4 nitrogen and oxygen atoms in total. The van der Waals surface area contributed by atoms with Crippen LogP contribution in [0.25, 0.3) is 11.1 Å². The Morgan fingerprint density at radius 3 is 2.25 bits per heavy atom. The van der Waals surface area contributed by atoms with Crippen molar-refractivity contribution in [1.29, 1.82) is 0 Å². The molecule has 0 spiro atoms. The zero-order valence-corrected chi connectivity index (χ0v) is 18.2. The van der Waals surface area contributed by atoms with Gasteiger partial charge in [0.2, 0.25) is 0 Å². The number of carbonyl (C=O) groups excluding carboxylic acids is 1. The number of phenolic OH excluding ortho intramolecular Hbond substituents is 1. The molecular formula is C28H29NO3. The summed E-state index contributed by atoms with van der Waals surface area (Å²) in [7, 11) is 0. The van der Waals surface area contributed by atoms with Gasteiger partial charge in [-0.05, 0) is 59.6 Å². The minimum absolute atomic E-state index is 0.130. The number of rotatable bonds is 6. The molecule has 2 atom stereocenters. The van der Waals surface area contributed by atoms with E-state index < -0.39 is 5.60 Å². The summed E-state index contributed by atoms with van der Waals surface area (Å²) in [5.74, 6) is 1.28. The number of aromatic hydroxyl groups is 1. The first-order valence-corrected chi connectivity index (χ1v) is 11.4. The maximum absolute atomic E-state index is 13.0. The van der Waals surface area contributed by atoms with Crippen molar-refractivity contribution in [2.45, 2.75) is 24.9 Å². The van der Waals surface area contributed by atoms with Gasteiger partial charge in [0.05, 0.1) is 12.1 Å². The predicted octanol–water partition coefficient (Wildman–Crippen LogP) is 4.56. The molecule has 2 unspecified atom stereocenters. The quantitative estimate of drug-likeness (QED) is 0.567. The first-order valence-electron chi connectivity index (χ1n) is 11.4. The molecule has 0 amide bonds. The van der Waals surface area contributed by atoms with Crippen molar-refractivity contribution < 1.29 is 15.0 Å². The molecule has 2 fully saturated rings. The third-order valence-corrected chi connectivity index (χ3v) is 7.06. The number of aliphatic hydroxyl groups is 1. The number of carbonyl (C=O) groups is 1. The van der Waals surface area contributed by atoms with Gasteiger partial charge in [-0.3, -0.25) is 9.69 Å². The fraction of sp³-hybridized carbons (Fsp3) is 0.321. The van der Waals surface area contributed by atoms with Crippen LogP contribution in [0.5, 0.6) is 5.75 Å². The van der Waals surface area contributed by atoms with Gasteiger partial charge in [-0.1, -0.05) is 60.7 Å². The lowest BCUT2D eigenvalue weighted by Crippen LogP contribution is -2.34. The number of benzene rings is 3. The molecule has 164 valence electrons. The van der Waals surface area contributed by atoms with Crippen molar-refractivity contribution in [2.24, 2.45) is 11.8 Å². The van der Waals surface area contributed by atoms with Gasteiger partial charge in [0, 0.05) is 25.1 Å². The van der Waals surface area contributed by atoms with Crippen LogP contribution >= 0.6 is 0 Å². The van der Waals surface area contributed by atoms with Crippen LogP contribution in [-0.4, -0.2) is 46.1 Å². The molecule has 0 radical (unpaired) electrons. The van der Waals surface area contributed by atoms with Crippen LogP contribution in [-0.2, 0) is 6.42 Å². The smallest absolute Gasteiger partial charge is 0.176 e. The number of phenols is 1. The van der Waals surface area contributed by atoms with E-state index in [0.717, 1.165) is 37.1 Å². The van der Waals surface area contributed by atoms with E-state index in [-0.39, 0.29) is 11.5 Å². The van der Waals surface area contributed by atoms with E-state index in [9.17, 15) is 15.0 Å². The third-order valence-electron chi connectivity index (χ3n) is 7.06. The van der Waals surface area contributed by atoms with Crippen molar-refractivity contribution in [1.82, 2.24) is 4.90 Å². The molecule has 0 aromatic heterocycles. The lowest BCUT2D eigenvalue weighted by molar-refractivity contribution is 0.0355. The third kappa shape index (κ3) is 4.47. The van der Waals surface area contributed by atoms with Crippen molar-refractivity contribution in [3.63, 3.8) is 0 Å². The van der Waals surface area contributed by atoms with Gasteiger partial charge in [0.15, 0.2) is 5.78 Å². The van der Waals surface area contributed by atoms with Crippen molar-refractivity contribution in [3.8, 4) is 16.9 Å².